The van der Waals surface area contributed by atoms with E-state index in [9.17, 15) is 14.0 Å². The van der Waals surface area contributed by atoms with Crippen molar-refractivity contribution in [2.24, 2.45) is 0 Å². The summed E-state index contributed by atoms with van der Waals surface area (Å²) >= 11 is 5.75. The number of nitrogens with zero attached hydrogens (tertiary/aromatic N) is 1. The third-order valence-corrected chi connectivity index (χ3v) is 4.06. The maximum atomic E-state index is 13.3. The molecule has 0 bridgehead atoms. The van der Waals surface area contributed by atoms with Crippen LogP contribution in [0.25, 0.3) is 0 Å². The monoisotopic (exact) mass is 378 g/mol. The topological polar surface area (TPSA) is 58.6 Å². The van der Waals surface area contributed by atoms with Gasteiger partial charge in [0.1, 0.15) is 18.1 Å². The Bertz CT molecular complexity index is 798. The summed E-state index contributed by atoms with van der Waals surface area (Å²) in [5.74, 6) is -0.481. The zero-order valence-electron chi connectivity index (χ0n) is 14.6. The maximum absolute atomic E-state index is 13.3. The minimum absolute atomic E-state index is 0.104. The largest absolute Gasteiger partial charge is 0.497 e. The highest BCUT2D eigenvalue weighted by Crippen LogP contribution is 2.22. The first kappa shape index (κ1) is 19.7. The van der Waals surface area contributed by atoms with Crippen molar-refractivity contribution < 1.29 is 18.7 Å². The molecule has 2 amide bonds. The smallest absolute Gasteiger partial charge is 0.240 e. The highest BCUT2D eigenvalue weighted by Gasteiger charge is 2.16. The molecule has 0 aliphatic carbocycles. The molecule has 1 N–H and O–H groups in total. The predicted octanol–water partition coefficient (Wildman–Crippen LogP) is 3.20. The molecule has 0 fully saturated rings. The van der Waals surface area contributed by atoms with E-state index in [1.54, 1.807) is 7.11 Å². The van der Waals surface area contributed by atoms with Gasteiger partial charge in [-0.1, -0.05) is 23.7 Å². The number of hydrogen-bond donors (Lipinski definition) is 1. The molecule has 0 aliphatic rings. The number of carbonyl (C=O) groups is 2. The lowest BCUT2D eigenvalue weighted by Crippen LogP contribution is -2.40. The van der Waals surface area contributed by atoms with E-state index in [0.717, 1.165) is 17.4 Å². The number of halogens is 2. The highest BCUT2D eigenvalue weighted by molar-refractivity contribution is 6.31. The molecule has 0 heterocycles. The fraction of sp³-hybridized carbons (Fsp3) is 0.263. The van der Waals surface area contributed by atoms with E-state index in [2.05, 4.69) is 5.32 Å². The van der Waals surface area contributed by atoms with Gasteiger partial charge in [0.05, 0.1) is 12.1 Å². The van der Waals surface area contributed by atoms with Gasteiger partial charge in [0.25, 0.3) is 0 Å². The van der Waals surface area contributed by atoms with Crippen molar-refractivity contribution in [1.29, 1.82) is 0 Å². The summed E-state index contributed by atoms with van der Waals surface area (Å²) in [5.41, 5.74) is 1.39. The van der Waals surface area contributed by atoms with Crippen molar-refractivity contribution in [3.63, 3.8) is 0 Å². The number of methoxy groups -OCH3 is 1. The van der Waals surface area contributed by atoms with Gasteiger partial charge in [0.2, 0.25) is 11.8 Å². The standard InChI is InChI=1S/C19H20ClFN2O3/c1-13(24)23(15-6-7-18(21)17(20)11-15)12-19(25)22-9-8-14-4-3-5-16(10-14)26-2/h3-7,10-11H,8-9,12H2,1-2H3,(H,22,25). The van der Waals surface area contributed by atoms with Crippen molar-refractivity contribution in [3.05, 3.63) is 58.9 Å². The lowest BCUT2D eigenvalue weighted by molar-refractivity contribution is -0.123. The molecule has 0 aromatic heterocycles. The van der Waals surface area contributed by atoms with Crippen LogP contribution >= 0.6 is 11.6 Å². The Morgan fingerprint density at radius 2 is 2.00 bits per heavy atom. The summed E-state index contributed by atoms with van der Waals surface area (Å²) in [6.07, 6.45) is 0.630. The molecule has 7 heteroatoms. The van der Waals surface area contributed by atoms with Gasteiger partial charge in [-0.25, -0.2) is 4.39 Å². The Morgan fingerprint density at radius 3 is 2.65 bits per heavy atom. The normalized spacial score (nSPS) is 10.3. The van der Waals surface area contributed by atoms with Crippen LogP contribution in [0, 0.1) is 5.82 Å². The molecule has 5 nitrogen and oxygen atoms in total. The predicted molar refractivity (Wildman–Crippen MR) is 99.1 cm³/mol. The summed E-state index contributed by atoms with van der Waals surface area (Å²) < 4.78 is 18.4. The van der Waals surface area contributed by atoms with Gasteiger partial charge in [-0.15, -0.1) is 0 Å². The van der Waals surface area contributed by atoms with E-state index in [1.807, 2.05) is 24.3 Å². The molecule has 0 saturated carbocycles. The molecule has 2 rings (SSSR count). The van der Waals surface area contributed by atoms with E-state index in [1.165, 1.54) is 24.0 Å². The fourth-order valence-electron chi connectivity index (χ4n) is 2.41. The van der Waals surface area contributed by atoms with Crippen molar-refractivity contribution >= 4 is 29.1 Å². The third kappa shape index (κ3) is 5.46. The van der Waals surface area contributed by atoms with Gasteiger partial charge < -0.3 is 15.0 Å². The fourth-order valence-corrected chi connectivity index (χ4v) is 2.59. The quantitative estimate of drug-likeness (QED) is 0.805. The first-order valence-electron chi connectivity index (χ1n) is 8.03. The molecule has 2 aromatic carbocycles. The molecule has 26 heavy (non-hydrogen) atoms. The number of rotatable bonds is 7. The first-order chi connectivity index (χ1) is 12.4. The van der Waals surface area contributed by atoms with Crippen LogP contribution in [0.2, 0.25) is 5.02 Å². The van der Waals surface area contributed by atoms with Crippen molar-refractivity contribution in [2.45, 2.75) is 13.3 Å². The summed E-state index contributed by atoms with van der Waals surface area (Å²) in [6, 6.07) is 11.5. The van der Waals surface area contributed by atoms with Gasteiger partial charge in [-0.2, -0.15) is 0 Å². The molecule has 138 valence electrons. The van der Waals surface area contributed by atoms with Crippen molar-refractivity contribution in [2.75, 3.05) is 25.1 Å². The number of anilines is 1. The Labute approximate surface area is 156 Å². The molecule has 0 spiro atoms. The Balaban J connectivity index is 1.93. The Morgan fingerprint density at radius 1 is 1.23 bits per heavy atom. The second-order valence-electron chi connectivity index (χ2n) is 5.66. The number of benzene rings is 2. The second kappa shape index (κ2) is 9.20. The molecule has 0 saturated heterocycles. The van der Waals surface area contributed by atoms with E-state index in [-0.39, 0.29) is 23.4 Å². The van der Waals surface area contributed by atoms with Crippen molar-refractivity contribution in [1.82, 2.24) is 5.32 Å². The summed E-state index contributed by atoms with van der Waals surface area (Å²) in [7, 11) is 1.60. The summed E-state index contributed by atoms with van der Waals surface area (Å²) in [5, 5.41) is 2.66. The number of ether oxygens (including phenoxy) is 1. The van der Waals surface area contributed by atoms with E-state index in [4.69, 9.17) is 16.3 Å². The molecule has 0 aliphatic heterocycles. The van der Waals surface area contributed by atoms with Gasteiger partial charge in [0, 0.05) is 19.2 Å². The van der Waals surface area contributed by atoms with Crippen LogP contribution in [0.4, 0.5) is 10.1 Å². The Kier molecular flexibility index (Phi) is 6.97. The van der Waals surface area contributed by atoms with Gasteiger partial charge in [-0.3, -0.25) is 9.59 Å². The summed E-state index contributed by atoms with van der Waals surface area (Å²) in [4.78, 5) is 25.2. The van der Waals surface area contributed by atoms with Crippen LogP contribution in [0.1, 0.15) is 12.5 Å². The third-order valence-electron chi connectivity index (χ3n) is 3.77. The van der Waals surface area contributed by atoms with Crippen LogP contribution in [0.3, 0.4) is 0 Å². The number of hydrogen-bond acceptors (Lipinski definition) is 3. The molecule has 0 atom stereocenters. The minimum Gasteiger partial charge on any atom is -0.497 e. The van der Waals surface area contributed by atoms with Crippen LogP contribution in [-0.2, 0) is 16.0 Å². The summed E-state index contributed by atoms with van der Waals surface area (Å²) in [6.45, 7) is 1.58. The first-order valence-corrected chi connectivity index (χ1v) is 8.41. The molecule has 0 radical (unpaired) electrons. The van der Waals surface area contributed by atoms with E-state index in [0.29, 0.717) is 18.7 Å². The molecule has 2 aromatic rings. The van der Waals surface area contributed by atoms with Crippen LogP contribution < -0.4 is 15.0 Å². The maximum Gasteiger partial charge on any atom is 0.240 e. The van der Waals surface area contributed by atoms with Gasteiger partial charge in [-0.05, 0) is 42.3 Å². The van der Waals surface area contributed by atoms with Crippen LogP contribution in [0.15, 0.2) is 42.5 Å². The zero-order chi connectivity index (χ0) is 19.1. The SMILES string of the molecule is COc1cccc(CCNC(=O)CN(C(C)=O)c2ccc(F)c(Cl)c2)c1. The average Bonchev–Trinajstić information content (AvgIpc) is 2.62. The minimum atomic E-state index is -0.582. The number of carbonyl (C=O) groups excluding carboxylic acids is 2. The number of amides is 2. The lowest BCUT2D eigenvalue weighted by Gasteiger charge is -2.21. The van der Waals surface area contributed by atoms with E-state index < -0.39 is 5.82 Å². The van der Waals surface area contributed by atoms with Crippen molar-refractivity contribution in [3.8, 4) is 5.75 Å². The van der Waals surface area contributed by atoms with E-state index >= 15 is 0 Å². The zero-order valence-corrected chi connectivity index (χ0v) is 15.3. The van der Waals surface area contributed by atoms with Gasteiger partial charge >= 0.3 is 0 Å². The molecular weight excluding hydrogens is 359 g/mol. The molecular formula is C19H20ClFN2O3. The lowest BCUT2D eigenvalue weighted by atomic mass is 10.1. The molecule has 0 unspecified atom stereocenters. The number of nitrogens with one attached hydrogen (secondary N) is 1. The highest BCUT2D eigenvalue weighted by atomic mass is 35.5. The van der Waals surface area contributed by atoms with Crippen LogP contribution in [0.5, 0.6) is 5.75 Å². The van der Waals surface area contributed by atoms with Gasteiger partial charge in [0.15, 0.2) is 0 Å². The van der Waals surface area contributed by atoms with Crippen LogP contribution in [-0.4, -0.2) is 32.0 Å². The average molecular weight is 379 g/mol. The second-order valence-corrected chi connectivity index (χ2v) is 6.06. The Hall–Kier alpha value is -2.60.